The number of ether oxygens (including phenoxy) is 2. The smallest absolute Gasteiger partial charge is 0.359 e. The SMILES string of the molecule is CCOC(=O)c1cn(-c2ccc(C(=O)CN)cc2)nc1C(=O)OCC. The molecule has 1 aromatic carbocycles. The Kier molecular flexibility index (Phi) is 6.02. The summed E-state index contributed by atoms with van der Waals surface area (Å²) in [6, 6.07) is 6.47. The maximum Gasteiger partial charge on any atom is 0.359 e. The van der Waals surface area contributed by atoms with Gasteiger partial charge in [-0.15, -0.1) is 0 Å². The minimum atomic E-state index is -0.709. The topological polar surface area (TPSA) is 114 Å². The van der Waals surface area contributed by atoms with Gasteiger partial charge in [-0.25, -0.2) is 14.3 Å². The summed E-state index contributed by atoms with van der Waals surface area (Å²) in [7, 11) is 0. The number of carbonyl (C=O) groups is 3. The van der Waals surface area contributed by atoms with Crippen molar-refractivity contribution < 1.29 is 23.9 Å². The van der Waals surface area contributed by atoms with E-state index < -0.39 is 11.9 Å². The van der Waals surface area contributed by atoms with Crippen molar-refractivity contribution in [3.05, 3.63) is 47.3 Å². The van der Waals surface area contributed by atoms with Gasteiger partial charge in [0.05, 0.1) is 25.4 Å². The number of hydrogen-bond acceptors (Lipinski definition) is 7. The zero-order valence-corrected chi connectivity index (χ0v) is 14.0. The zero-order chi connectivity index (χ0) is 18.4. The molecule has 0 aliphatic carbocycles. The molecule has 0 spiro atoms. The number of Topliss-reactive ketones (excluding diaryl/α,β-unsaturated/α-hetero) is 1. The van der Waals surface area contributed by atoms with Crippen molar-refractivity contribution in [1.82, 2.24) is 9.78 Å². The quantitative estimate of drug-likeness (QED) is 0.595. The van der Waals surface area contributed by atoms with Crippen LogP contribution in [-0.2, 0) is 9.47 Å². The third-order valence-electron chi connectivity index (χ3n) is 3.32. The van der Waals surface area contributed by atoms with E-state index in [1.54, 1.807) is 38.1 Å². The van der Waals surface area contributed by atoms with E-state index in [1.165, 1.54) is 10.9 Å². The fourth-order valence-corrected chi connectivity index (χ4v) is 2.13. The van der Waals surface area contributed by atoms with Crippen LogP contribution in [0.3, 0.4) is 0 Å². The van der Waals surface area contributed by atoms with Crippen molar-refractivity contribution in [2.75, 3.05) is 19.8 Å². The van der Waals surface area contributed by atoms with Crippen LogP contribution < -0.4 is 5.73 Å². The monoisotopic (exact) mass is 345 g/mol. The first kappa shape index (κ1) is 18.3. The van der Waals surface area contributed by atoms with Crippen molar-refractivity contribution in [1.29, 1.82) is 0 Å². The average molecular weight is 345 g/mol. The van der Waals surface area contributed by atoms with Crippen LogP contribution in [0.1, 0.15) is 45.1 Å². The molecule has 2 rings (SSSR count). The van der Waals surface area contributed by atoms with Crippen LogP contribution in [0.4, 0.5) is 0 Å². The number of rotatable bonds is 7. The fourth-order valence-electron chi connectivity index (χ4n) is 2.13. The van der Waals surface area contributed by atoms with Crippen molar-refractivity contribution in [2.24, 2.45) is 5.73 Å². The van der Waals surface area contributed by atoms with Crippen LogP contribution >= 0.6 is 0 Å². The molecule has 0 radical (unpaired) electrons. The molecule has 8 heteroatoms. The molecule has 132 valence electrons. The van der Waals surface area contributed by atoms with Crippen LogP contribution in [-0.4, -0.2) is 47.3 Å². The highest BCUT2D eigenvalue weighted by Gasteiger charge is 2.24. The van der Waals surface area contributed by atoms with Crippen LogP contribution in [0.15, 0.2) is 30.5 Å². The Morgan fingerprint density at radius 2 is 1.64 bits per heavy atom. The first-order chi connectivity index (χ1) is 12.0. The Morgan fingerprint density at radius 3 is 2.20 bits per heavy atom. The third-order valence-corrected chi connectivity index (χ3v) is 3.32. The highest BCUT2D eigenvalue weighted by Crippen LogP contribution is 2.16. The van der Waals surface area contributed by atoms with Gasteiger partial charge in [-0.05, 0) is 38.1 Å². The predicted octanol–water partition coefficient (Wildman–Crippen LogP) is 1.37. The number of aromatic nitrogens is 2. The van der Waals surface area contributed by atoms with Crippen LogP contribution in [0.2, 0.25) is 0 Å². The number of hydrogen-bond donors (Lipinski definition) is 1. The summed E-state index contributed by atoms with van der Waals surface area (Å²) >= 11 is 0. The fraction of sp³-hybridized carbons (Fsp3) is 0.294. The van der Waals surface area contributed by atoms with Crippen molar-refractivity contribution in [3.63, 3.8) is 0 Å². The molecule has 0 aliphatic heterocycles. The van der Waals surface area contributed by atoms with Crippen molar-refractivity contribution in [3.8, 4) is 5.69 Å². The van der Waals surface area contributed by atoms with Gasteiger partial charge in [-0.1, -0.05) is 0 Å². The summed E-state index contributed by atoms with van der Waals surface area (Å²) in [5, 5.41) is 4.13. The second-order valence-corrected chi connectivity index (χ2v) is 4.95. The second-order valence-electron chi connectivity index (χ2n) is 4.95. The number of nitrogens with two attached hydrogens (primary N) is 1. The first-order valence-corrected chi connectivity index (χ1v) is 7.79. The number of ketones is 1. The maximum atomic E-state index is 12.1. The van der Waals surface area contributed by atoms with Crippen molar-refractivity contribution in [2.45, 2.75) is 13.8 Å². The molecular weight excluding hydrogens is 326 g/mol. The Balaban J connectivity index is 2.41. The van der Waals surface area contributed by atoms with E-state index in [-0.39, 0.29) is 36.8 Å². The Labute approximate surface area is 144 Å². The Hall–Kier alpha value is -3.00. The van der Waals surface area contributed by atoms with Gasteiger partial charge in [0, 0.05) is 11.8 Å². The normalized spacial score (nSPS) is 10.4. The molecule has 0 atom stereocenters. The van der Waals surface area contributed by atoms with Gasteiger partial charge >= 0.3 is 11.9 Å². The molecule has 25 heavy (non-hydrogen) atoms. The van der Waals surface area contributed by atoms with Crippen molar-refractivity contribution >= 4 is 17.7 Å². The van der Waals surface area contributed by atoms with E-state index in [2.05, 4.69) is 5.10 Å². The minimum absolute atomic E-state index is 0.0161. The summed E-state index contributed by atoms with van der Waals surface area (Å²) in [5.74, 6) is -1.56. The lowest BCUT2D eigenvalue weighted by Gasteiger charge is -2.03. The van der Waals surface area contributed by atoms with Gasteiger partial charge in [0.1, 0.15) is 5.56 Å². The maximum absolute atomic E-state index is 12.1. The van der Waals surface area contributed by atoms with E-state index in [9.17, 15) is 14.4 Å². The average Bonchev–Trinajstić information content (AvgIpc) is 3.07. The highest BCUT2D eigenvalue weighted by atomic mass is 16.5. The lowest BCUT2D eigenvalue weighted by molar-refractivity contribution is 0.0475. The summed E-state index contributed by atoms with van der Waals surface area (Å²) in [6.07, 6.45) is 1.39. The van der Waals surface area contributed by atoms with Gasteiger partial charge < -0.3 is 15.2 Å². The molecule has 0 fully saturated rings. The van der Waals surface area contributed by atoms with E-state index in [0.29, 0.717) is 11.3 Å². The largest absolute Gasteiger partial charge is 0.462 e. The summed E-state index contributed by atoms with van der Waals surface area (Å²) in [5.41, 5.74) is 6.26. The molecule has 2 aromatic rings. The van der Waals surface area contributed by atoms with E-state index >= 15 is 0 Å². The number of benzene rings is 1. The van der Waals surface area contributed by atoms with E-state index in [4.69, 9.17) is 15.2 Å². The predicted molar refractivity (Wildman–Crippen MR) is 88.9 cm³/mol. The van der Waals surface area contributed by atoms with Crippen LogP contribution in [0, 0.1) is 0 Å². The summed E-state index contributed by atoms with van der Waals surface area (Å²) in [4.78, 5) is 35.7. The summed E-state index contributed by atoms with van der Waals surface area (Å²) in [6.45, 7) is 3.57. The molecule has 0 saturated carbocycles. The molecule has 0 saturated heterocycles. The van der Waals surface area contributed by atoms with E-state index in [1.807, 2.05) is 0 Å². The van der Waals surface area contributed by atoms with E-state index in [0.717, 1.165) is 0 Å². The standard InChI is InChI=1S/C17H19N3O5/c1-3-24-16(22)13-10-20(19-15(13)17(23)25-4-2)12-7-5-11(6-8-12)14(21)9-18/h5-8,10H,3-4,9,18H2,1-2H3. The molecule has 0 bridgehead atoms. The molecule has 2 N–H and O–H groups in total. The molecule has 0 amide bonds. The van der Waals surface area contributed by atoms with Gasteiger partial charge in [0.2, 0.25) is 0 Å². The molecule has 1 aromatic heterocycles. The summed E-state index contributed by atoms with van der Waals surface area (Å²) < 4.78 is 11.2. The molecule has 0 aliphatic rings. The van der Waals surface area contributed by atoms with Gasteiger partial charge in [0.15, 0.2) is 11.5 Å². The second kappa shape index (κ2) is 8.20. The lowest BCUT2D eigenvalue weighted by Crippen LogP contribution is -2.13. The zero-order valence-electron chi connectivity index (χ0n) is 14.0. The first-order valence-electron chi connectivity index (χ1n) is 7.79. The molecule has 0 unspecified atom stereocenters. The van der Waals surface area contributed by atoms with Crippen LogP contribution in [0.25, 0.3) is 5.69 Å². The number of nitrogens with zero attached hydrogens (tertiary/aromatic N) is 2. The van der Waals surface area contributed by atoms with Gasteiger partial charge in [0.25, 0.3) is 0 Å². The Bertz CT molecular complexity index is 745. The van der Waals surface area contributed by atoms with Gasteiger partial charge in [-0.3, -0.25) is 4.79 Å². The lowest BCUT2D eigenvalue weighted by atomic mass is 10.1. The minimum Gasteiger partial charge on any atom is -0.462 e. The van der Waals surface area contributed by atoms with Gasteiger partial charge in [-0.2, -0.15) is 5.10 Å². The third kappa shape index (κ3) is 4.10. The molecule has 8 nitrogen and oxygen atoms in total. The van der Waals surface area contributed by atoms with Crippen LogP contribution in [0.5, 0.6) is 0 Å². The Morgan fingerprint density at radius 1 is 1.04 bits per heavy atom. The highest BCUT2D eigenvalue weighted by molar-refractivity contribution is 6.01. The number of esters is 2. The molecule has 1 heterocycles. The number of carbonyl (C=O) groups excluding carboxylic acids is 3. The molecular formula is C17H19N3O5.